The summed E-state index contributed by atoms with van der Waals surface area (Å²) in [5, 5.41) is 4.13. The summed E-state index contributed by atoms with van der Waals surface area (Å²) >= 11 is 1.02. The van der Waals surface area contributed by atoms with Crippen molar-refractivity contribution in [3.8, 4) is 0 Å². The first kappa shape index (κ1) is 35.1. The predicted octanol–water partition coefficient (Wildman–Crippen LogP) is 7.58. The highest BCUT2D eigenvalue weighted by molar-refractivity contribution is 7.97. The van der Waals surface area contributed by atoms with Crippen molar-refractivity contribution in [2.24, 2.45) is 5.92 Å². The van der Waals surface area contributed by atoms with E-state index in [1.807, 2.05) is 76.8 Å². The Hall–Kier alpha value is -3.73. The van der Waals surface area contributed by atoms with Crippen LogP contribution in [0.25, 0.3) is 0 Å². The third-order valence-corrected chi connectivity index (χ3v) is 8.59. The van der Waals surface area contributed by atoms with Gasteiger partial charge in [-0.05, 0) is 96.2 Å². The molecular formula is C35H47FN6O3S. The van der Waals surface area contributed by atoms with Gasteiger partial charge < -0.3 is 15.0 Å². The molecule has 2 atom stereocenters. The number of nitrogens with zero attached hydrogens (tertiary/aromatic N) is 4. The molecule has 0 radical (unpaired) electrons. The van der Waals surface area contributed by atoms with E-state index in [9.17, 15) is 14.0 Å². The molecule has 0 spiro atoms. The monoisotopic (exact) mass is 650 g/mol. The highest BCUT2D eigenvalue weighted by Gasteiger charge is 2.42. The van der Waals surface area contributed by atoms with Crippen LogP contribution in [0.5, 0.6) is 0 Å². The molecule has 248 valence electrons. The summed E-state index contributed by atoms with van der Waals surface area (Å²) in [6, 6.07) is 14.6. The fourth-order valence-corrected chi connectivity index (χ4v) is 6.19. The fourth-order valence-electron chi connectivity index (χ4n) is 5.59. The molecule has 0 aromatic carbocycles. The van der Waals surface area contributed by atoms with Gasteiger partial charge in [-0.3, -0.25) is 14.5 Å². The zero-order valence-corrected chi connectivity index (χ0v) is 29.0. The molecule has 46 heavy (non-hydrogen) atoms. The molecule has 0 bridgehead atoms. The molecule has 3 aromatic heterocycles. The van der Waals surface area contributed by atoms with Gasteiger partial charge in [-0.2, -0.15) is 4.39 Å². The molecule has 4 heterocycles. The minimum absolute atomic E-state index is 0.0254. The minimum atomic E-state index is -0.800. The van der Waals surface area contributed by atoms with Crippen molar-refractivity contribution in [2.75, 3.05) is 11.9 Å². The average molecular weight is 651 g/mol. The van der Waals surface area contributed by atoms with Gasteiger partial charge in [-0.25, -0.2) is 14.8 Å². The van der Waals surface area contributed by atoms with Crippen molar-refractivity contribution in [1.29, 1.82) is 0 Å². The van der Waals surface area contributed by atoms with Gasteiger partial charge in [0.1, 0.15) is 16.4 Å². The molecule has 9 nitrogen and oxygen atoms in total. The normalized spacial score (nSPS) is 17.0. The van der Waals surface area contributed by atoms with Gasteiger partial charge >= 0.3 is 6.09 Å². The molecule has 1 aliphatic rings. The quantitative estimate of drug-likeness (QED) is 0.171. The third-order valence-electron chi connectivity index (χ3n) is 7.86. The van der Waals surface area contributed by atoms with Crippen LogP contribution in [-0.4, -0.2) is 55.6 Å². The maximum atomic E-state index is 14.7. The first-order chi connectivity index (χ1) is 21.5. The molecular weight excluding hydrogens is 603 g/mol. The average Bonchev–Trinajstić information content (AvgIpc) is 3.28. The van der Waals surface area contributed by atoms with E-state index < -0.39 is 17.5 Å². The van der Waals surface area contributed by atoms with Crippen LogP contribution < -0.4 is 10.0 Å². The summed E-state index contributed by atoms with van der Waals surface area (Å²) in [7, 11) is 0. The van der Waals surface area contributed by atoms with Crippen molar-refractivity contribution < 1.29 is 18.7 Å². The number of aromatic nitrogens is 3. The first-order valence-electron chi connectivity index (χ1n) is 15.8. The minimum Gasteiger partial charge on any atom is -0.444 e. The van der Waals surface area contributed by atoms with Gasteiger partial charge in [0.2, 0.25) is 5.95 Å². The van der Waals surface area contributed by atoms with Gasteiger partial charge in [0.25, 0.3) is 5.91 Å². The summed E-state index contributed by atoms with van der Waals surface area (Å²) < 4.78 is 23.0. The van der Waals surface area contributed by atoms with E-state index in [1.54, 1.807) is 18.3 Å². The molecule has 0 aliphatic carbocycles. The lowest BCUT2D eigenvalue weighted by Crippen LogP contribution is -2.45. The van der Waals surface area contributed by atoms with Crippen molar-refractivity contribution in [3.63, 3.8) is 0 Å². The van der Waals surface area contributed by atoms with E-state index in [4.69, 9.17) is 9.72 Å². The SMILES string of the molecule is CC(C)(C)OC(=O)N1CC(CCC(Cc2ccccn2)Nc2cccc(SNC(=O)c3ccc(C(C)(C)C)nc3F)n2)CC1(C)C. The van der Waals surface area contributed by atoms with Gasteiger partial charge in [0.05, 0.1) is 5.56 Å². The molecule has 0 saturated carbocycles. The van der Waals surface area contributed by atoms with Crippen molar-refractivity contribution in [1.82, 2.24) is 24.6 Å². The van der Waals surface area contributed by atoms with Gasteiger partial charge in [0, 0.05) is 59.5 Å². The topological polar surface area (TPSA) is 109 Å². The lowest BCUT2D eigenvalue weighted by Gasteiger charge is -2.33. The fraction of sp³-hybridized carbons (Fsp3) is 0.514. The van der Waals surface area contributed by atoms with Crippen LogP contribution in [0.15, 0.2) is 59.8 Å². The number of pyridine rings is 3. The number of carbonyl (C=O) groups is 2. The number of rotatable bonds is 10. The number of ether oxygens (including phenoxy) is 1. The molecule has 4 rings (SSSR count). The smallest absolute Gasteiger partial charge is 0.410 e. The molecule has 11 heteroatoms. The molecule has 1 saturated heterocycles. The Balaban J connectivity index is 1.40. The van der Waals surface area contributed by atoms with Crippen LogP contribution in [0, 0.1) is 11.9 Å². The number of nitrogens with one attached hydrogen (secondary N) is 2. The summed E-state index contributed by atoms with van der Waals surface area (Å²) in [5.41, 5.74) is 0.258. The second kappa shape index (κ2) is 14.4. The van der Waals surface area contributed by atoms with Crippen LogP contribution in [0.3, 0.4) is 0 Å². The maximum absolute atomic E-state index is 14.7. The number of anilines is 1. The van der Waals surface area contributed by atoms with Crippen LogP contribution in [0.1, 0.15) is 96.4 Å². The zero-order valence-electron chi connectivity index (χ0n) is 28.2. The molecule has 1 aliphatic heterocycles. The van der Waals surface area contributed by atoms with E-state index in [1.165, 1.54) is 6.07 Å². The second-order valence-electron chi connectivity index (χ2n) is 14.6. The number of hydrogen-bond donors (Lipinski definition) is 2. The highest BCUT2D eigenvalue weighted by Crippen LogP contribution is 2.36. The van der Waals surface area contributed by atoms with Gasteiger partial charge in [-0.1, -0.05) is 32.9 Å². The largest absolute Gasteiger partial charge is 0.444 e. The third kappa shape index (κ3) is 9.88. The number of halogens is 1. The molecule has 2 unspecified atom stereocenters. The zero-order chi connectivity index (χ0) is 33.7. The van der Waals surface area contributed by atoms with E-state index in [2.05, 4.69) is 33.9 Å². The Morgan fingerprint density at radius 1 is 1.07 bits per heavy atom. The summed E-state index contributed by atoms with van der Waals surface area (Å²) in [6.07, 6.45) is 4.85. The standard InChI is InChI=1S/C35H47FN6O3S/c1-33(2,3)27-18-17-26(30(36)39-27)31(43)41-46-29-14-11-13-28(40-29)38-25(20-24-12-9-10-19-37-24)16-15-23-21-35(7,8)42(22-23)32(44)45-34(4,5)6/h9-14,17-19,23,25H,15-16,20-22H2,1-8H3,(H,38,40)(H,41,43). The van der Waals surface area contributed by atoms with Crippen molar-refractivity contribution >= 4 is 29.8 Å². The van der Waals surface area contributed by atoms with Gasteiger partial charge in [0.15, 0.2) is 0 Å². The number of hydrogen-bond acceptors (Lipinski definition) is 8. The van der Waals surface area contributed by atoms with Gasteiger partial charge in [-0.15, -0.1) is 0 Å². The number of likely N-dealkylation sites (tertiary alicyclic amines) is 1. The van der Waals surface area contributed by atoms with Crippen molar-refractivity contribution in [2.45, 2.75) is 109 Å². The Kier molecular flexibility index (Phi) is 11.0. The van der Waals surface area contributed by atoms with E-state index in [0.29, 0.717) is 35.4 Å². The Morgan fingerprint density at radius 2 is 1.83 bits per heavy atom. The van der Waals surface area contributed by atoms with Crippen molar-refractivity contribution in [3.05, 3.63) is 77.6 Å². The van der Waals surface area contributed by atoms with Crippen LogP contribution in [0.2, 0.25) is 0 Å². The summed E-state index contributed by atoms with van der Waals surface area (Å²) in [5.74, 6) is -0.396. The van der Waals surface area contributed by atoms with E-state index in [0.717, 1.165) is 36.9 Å². The lowest BCUT2D eigenvalue weighted by molar-refractivity contribution is 0.0130. The van der Waals surface area contributed by atoms with Crippen LogP contribution in [-0.2, 0) is 16.6 Å². The van der Waals surface area contributed by atoms with E-state index >= 15 is 0 Å². The Bertz CT molecular complexity index is 1510. The maximum Gasteiger partial charge on any atom is 0.410 e. The first-order valence-corrected chi connectivity index (χ1v) is 16.6. The van der Waals surface area contributed by atoms with E-state index in [-0.39, 0.29) is 28.7 Å². The Morgan fingerprint density at radius 3 is 2.48 bits per heavy atom. The molecule has 2 amide bonds. The second-order valence-corrected chi connectivity index (χ2v) is 15.4. The van der Waals surface area contributed by atoms with Crippen LogP contribution >= 0.6 is 11.9 Å². The summed E-state index contributed by atoms with van der Waals surface area (Å²) in [4.78, 5) is 40.8. The van der Waals surface area contributed by atoms with Crippen LogP contribution in [0.4, 0.5) is 15.0 Å². The lowest BCUT2D eigenvalue weighted by atomic mass is 9.91. The molecule has 1 fully saturated rings. The summed E-state index contributed by atoms with van der Waals surface area (Å²) in [6.45, 7) is 16.3. The highest BCUT2D eigenvalue weighted by atomic mass is 32.2. The predicted molar refractivity (Wildman–Crippen MR) is 180 cm³/mol. The number of carbonyl (C=O) groups excluding carboxylic acids is 2. The molecule has 3 aromatic rings. The molecule has 2 N–H and O–H groups in total. The Labute approximate surface area is 276 Å². The number of amides is 2.